The zero-order valence-corrected chi connectivity index (χ0v) is 15.0. The lowest BCUT2D eigenvalue weighted by molar-refractivity contribution is 0.582. The summed E-state index contributed by atoms with van der Waals surface area (Å²) in [5, 5.41) is 2.95. The van der Waals surface area contributed by atoms with Crippen molar-refractivity contribution in [2.24, 2.45) is 0 Å². The van der Waals surface area contributed by atoms with Crippen molar-refractivity contribution in [1.82, 2.24) is 4.72 Å². The minimum Gasteiger partial charge on any atom is -0.211 e. The Bertz CT molecular complexity index is 967. The van der Waals surface area contributed by atoms with Crippen molar-refractivity contribution in [3.05, 3.63) is 76.3 Å². The van der Waals surface area contributed by atoms with Crippen LogP contribution in [0.2, 0.25) is 10.0 Å². The number of halogens is 2. The van der Waals surface area contributed by atoms with E-state index in [0.29, 0.717) is 16.5 Å². The number of hydrogen-bond donors (Lipinski definition) is 1. The summed E-state index contributed by atoms with van der Waals surface area (Å²) in [5.74, 6) is 0. The summed E-state index contributed by atoms with van der Waals surface area (Å²) in [6, 6.07) is 17.9. The lowest BCUT2D eigenvalue weighted by atomic mass is 10.1. The third-order valence-corrected chi connectivity index (χ3v) is 5.93. The van der Waals surface area contributed by atoms with Crippen molar-refractivity contribution in [3.63, 3.8) is 0 Å². The highest BCUT2D eigenvalue weighted by Gasteiger charge is 2.14. The summed E-state index contributed by atoms with van der Waals surface area (Å²) >= 11 is 12.2. The Labute approximate surface area is 151 Å². The Balaban J connectivity index is 1.76. The van der Waals surface area contributed by atoms with Gasteiger partial charge in [-0.2, -0.15) is 0 Å². The first-order chi connectivity index (χ1) is 11.5. The van der Waals surface area contributed by atoms with Gasteiger partial charge in [-0.3, -0.25) is 0 Å². The first-order valence-electron chi connectivity index (χ1n) is 7.39. The molecular formula is C18H15Cl2NO2S. The molecule has 0 saturated heterocycles. The molecule has 6 heteroatoms. The van der Waals surface area contributed by atoms with Gasteiger partial charge in [0.05, 0.1) is 4.90 Å². The lowest BCUT2D eigenvalue weighted by Gasteiger charge is -2.10. The molecule has 0 bridgehead atoms. The molecule has 3 aromatic rings. The summed E-state index contributed by atoms with van der Waals surface area (Å²) in [6.07, 6.45) is 0.422. The van der Waals surface area contributed by atoms with E-state index in [2.05, 4.69) is 4.72 Å². The number of fused-ring (bicyclic) bond motifs is 1. The van der Waals surface area contributed by atoms with Crippen molar-refractivity contribution < 1.29 is 8.42 Å². The molecule has 0 aromatic heterocycles. The van der Waals surface area contributed by atoms with Gasteiger partial charge in [0.15, 0.2) is 0 Å². The van der Waals surface area contributed by atoms with Crippen LogP contribution in [0.25, 0.3) is 10.8 Å². The van der Waals surface area contributed by atoms with E-state index < -0.39 is 10.0 Å². The summed E-state index contributed by atoms with van der Waals surface area (Å²) in [7, 11) is -3.58. The molecule has 0 radical (unpaired) electrons. The van der Waals surface area contributed by atoms with Gasteiger partial charge in [0.1, 0.15) is 0 Å². The second-order valence-corrected chi connectivity index (χ2v) is 7.94. The average molecular weight is 380 g/mol. The smallest absolute Gasteiger partial charge is 0.211 e. The maximum absolute atomic E-state index is 12.5. The highest BCUT2D eigenvalue weighted by Crippen LogP contribution is 2.24. The number of nitrogens with one attached hydrogen (secondary N) is 1. The van der Waals surface area contributed by atoms with Crippen LogP contribution in [0.15, 0.2) is 65.6 Å². The van der Waals surface area contributed by atoms with Crippen molar-refractivity contribution in [2.75, 3.05) is 6.54 Å². The molecule has 3 rings (SSSR count). The molecule has 0 aliphatic rings. The van der Waals surface area contributed by atoms with Crippen LogP contribution in [0, 0.1) is 0 Å². The fourth-order valence-corrected chi connectivity index (χ4v) is 4.15. The SMILES string of the molecule is O=S(=O)(NCCc1c(Cl)cccc1Cl)c1ccc2ccccc2c1. The second-order valence-electron chi connectivity index (χ2n) is 5.36. The monoisotopic (exact) mass is 379 g/mol. The quantitative estimate of drug-likeness (QED) is 0.699. The minimum atomic E-state index is -3.58. The van der Waals surface area contributed by atoms with E-state index in [-0.39, 0.29) is 11.4 Å². The fourth-order valence-electron chi connectivity index (χ4n) is 2.50. The molecule has 0 atom stereocenters. The van der Waals surface area contributed by atoms with Gasteiger partial charge < -0.3 is 0 Å². The van der Waals surface area contributed by atoms with Crippen LogP contribution in [0.4, 0.5) is 0 Å². The zero-order valence-electron chi connectivity index (χ0n) is 12.7. The van der Waals surface area contributed by atoms with Gasteiger partial charge in [0, 0.05) is 16.6 Å². The first-order valence-corrected chi connectivity index (χ1v) is 9.63. The number of rotatable bonds is 5. The predicted octanol–water partition coefficient (Wildman–Crippen LogP) is 4.67. The Morgan fingerprint density at radius 1 is 0.833 bits per heavy atom. The molecule has 0 fully saturated rings. The van der Waals surface area contributed by atoms with Crippen LogP contribution in [-0.4, -0.2) is 15.0 Å². The van der Waals surface area contributed by atoms with Crippen molar-refractivity contribution in [2.45, 2.75) is 11.3 Å². The van der Waals surface area contributed by atoms with E-state index in [1.54, 1.807) is 36.4 Å². The first kappa shape index (κ1) is 17.2. The Morgan fingerprint density at radius 3 is 2.21 bits per heavy atom. The van der Waals surface area contributed by atoms with Crippen LogP contribution in [0.3, 0.4) is 0 Å². The van der Waals surface area contributed by atoms with Crippen molar-refractivity contribution in [3.8, 4) is 0 Å². The minimum absolute atomic E-state index is 0.221. The normalized spacial score (nSPS) is 11.8. The largest absolute Gasteiger partial charge is 0.240 e. The van der Waals surface area contributed by atoms with E-state index >= 15 is 0 Å². The molecule has 0 aliphatic carbocycles. The van der Waals surface area contributed by atoms with Crippen LogP contribution < -0.4 is 4.72 Å². The molecular weight excluding hydrogens is 365 g/mol. The number of hydrogen-bond acceptors (Lipinski definition) is 2. The van der Waals surface area contributed by atoms with Gasteiger partial charge in [0.25, 0.3) is 0 Å². The van der Waals surface area contributed by atoms with Crippen molar-refractivity contribution >= 4 is 44.0 Å². The molecule has 1 N–H and O–H groups in total. The van der Waals surface area contributed by atoms with E-state index in [0.717, 1.165) is 16.3 Å². The van der Waals surface area contributed by atoms with Crippen LogP contribution in [-0.2, 0) is 16.4 Å². The molecule has 0 heterocycles. The summed E-state index contributed by atoms with van der Waals surface area (Å²) in [4.78, 5) is 0.242. The maximum atomic E-state index is 12.5. The van der Waals surface area contributed by atoms with Gasteiger partial charge >= 0.3 is 0 Å². The molecule has 124 valence electrons. The van der Waals surface area contributed by atoms with Crippen LogP contribution in [0.1, 0.15) is 5.56 Å². The Morgan fingerprint density at radius 2 is 1.50 bits per heavy atom. The lowest BCUT2D eigenvalue weighted by Crippen LogP contribution is -2.26. The van der Waals surface area contributed by atoms with Gasteiger partial charge in [-0.25, -0.2) is 13.1 Å². The molecule has 0 saturated carbocycles. The topological polar surface area (TPSA) is 46.2 Å². The average Bonchev–Trinajstić information content (AvgIpc) is 2.57. The van der Waals surface area contributed by atoms with Gasteiger partial charge in [-0.05, 0) is 47.0 Å². The van der Waals surface area contributed by atoms with E-state index in [4.69, 9.17) is 23.2 Å². The van der Waals surface area contributed by atoms with Gasteiger partial charge in [-0.1, -0.05) is 59.6 Å². The zero-order chi connectivity index (χ0) is 17.2. The Kier molecular flexibility index (Phi) is 5.11. The number of benzene rings is 3. The van der Waals surface area contributed by atoms with Crippen molar-refractivity contribution in [1.29, 1.82) is 0 Å². The van der Waals surface area contributed by atoms with E-state index in [9.17, 15) is 8.42 Å². The van der Waals surface area contributed by atoms with Crippen LogP contribution >= 0.6 is 23.2 Å². The molecule has 0 aliphatic heterocycles. The third kappa shape index (κ3) is 3.73. The fraction of sp³-hybridized carbons (Fsp3) is 0.111. The summed E-state index contributed by atoms with van der Waals surface area (Å²) < 4.78 is 27.5. The van der Waals surface area contributed by atoms with E-state index in [1.807, 2.05) is 24.3 Å². The number of sulfonamides is 1. The molecule has 0 unspecified atom stereocenters. The van der Waals surface area contributed by atoms with Crippen LogP contribution in [0.5, 0.6) is 0 Å². The van der Waals surface area contributed by atoms with E-state index in [1.165, 1.54) is 0 Å². The highest BCUT2D eigenvalue weighted by molar-refractivity contribution is 7.89. The maximum Gasteiger partial charge on any atom is 0.240 e. The molecule has 0 spiro atoms. The molecule has 3 nitrogen and oxygen atoms in total. The Hall–Kier alpha value is -1.59. The molecule has 3 aromatic carbocycles. The highest BCUT2D eigenvalue weighted by atomic mass is 35.5. The molecule has 0 amide bonds. The molecule has 24 heavy (non-hydrogen) atoms. The van der Waals surface area contributed by atoms with Gasteiger partial charge in [-0.15, -0.1) is 0 Å². The second kappa shape index (κ2) is 7.11. The standard InChI is InChI=1S/C18H15Cl2NO2S/c19-17-6-3-7-18(20)16(17)10-11-21-24(22,23)15-9-8-13-4-1-2-5-14(13)12-15/h1-9,12,21H,10-11H2. The third-order valence-electron chi connectivity index (χ3n) is 3.76. The predicted molar refractivity (Wildman–Crippen MR) is 99.3 cm³/mol. The summed E-state index contributed by atoms with van der Waals surface area (Å²) in [6.45, 7) is 0.221. The van der Waals surface area contributed by atoms with Gasteiger partial charge in [0.2, 0.25) is 10.0 Å². The summed E-state index contributed by atoms with van der Waals surface area (Å²) in [5.41, 5.74) is 0.738.